The number of hydrogen-bond acceptors (Lipinski definition) is 7. The first kappa shape index (κ1) is 28.9. The summed E-state index contributed by atoms with van der Waals surface area (Å²) in [5, 5.41) is 24.2. The first-order valence-electron chi connectivity index (χ1n) is 13.7. The fourth-order valence-electron chi connectivity index (χ4n) is 5.07. The second-order valence-electron chi connectivity index (χ2n) is 9.99. The molecule has 2 heterocycles. The van der Waals surface area contributed by atoms with Gasteiger partial charge in [0.15, 0.2) is 5.84 Å². The van der Waals surface area contributed by atoms with E-state index in [0.29, 0.717) is 22.6 Å². The molecule has 2 aliphatic rings. The lowest BCUT2D eigenvalue weighted by molar-refractivity contribution is -0.114. The number of aromatic carboxylic acids is 2. The third-order valence-electron chi connectivity index (χ3n) is 7.44. The maximum atomic E-state index is 14.1. The van der Waals surface area contributed by atoms with Crippen molar-refractivity contribution in [3.63, 3.8) is 0 Å². The van der Waals surface area contributed by atoms with Gasteiger partial charge in [-0.05, 0) is 106 Å². The zero-order chi connectivity index (χ0) is 31.0. The highest BCUT2D eigenvalue weighted by Gasteiger charge is 2.45. The summed E-state index contributed by atoms with van der Waals surface area (Å²) >= 11 is 0. The Morgan fingerprint density at radius 3 is 1.88 bits per heavy atom. The number of rotatable bonds is 8. The lowest BCUT2D eigenvalue weighted by Crippen LogP contribution is -2.47. The van der Waals surface area contributed by atoms with Gasteiger partial charge in [0, 0.05) is 18.8 Å². The predicted octanol–water partition coefficient (Wildman–Crippen LogP) is 5.03. The van der Waals surface area contributed by atoms with Gasteiger partial charge in [0.05, 0.1) is 33.8 Å². The molecule has 43 heavy (non-hydrogen) atoms. The molecule has 0 saturated carbocycles. The molecule has 0 spiro atoms. The maximum absolute atomic E-state index is 14.1. The number of fused-ring (bicyclic) bond motifs is 1. The van der Waals surface area contributed by atoms with E-state index < -0.39 is 23.8 Å². The number of aryl methyl sites for hydroxylation is 1. The molecule has 218 valence electrons. The number of anilines is 3. The number of hydrogen-bond donors (Lipinski definition) is 2. The van der Waals surface area contributed by atoms with Crippen LogP contribution in [0.2, 0.25) is 0 Å². The number of carbonyl (C=O) groups excluding carboxylic acids is 2. The molecule has 2 N–H and O–H groups in total. The second kappa shape index (κ2) is 11.4. The quantitative estimate of drug-likeness (QED) is 0.381. The van der Waals surface area contributed by atoms with Gasteiger partial charge in [0.25, 0.3) is 11.8 Å². The normalized spacial score (nSPS) is 15.6. The average Bonchev–Trinajstić information content (AvgIpc) is 3.33. The Hall–Kier alpha value is -5.58. The summed E-state index contributed by atoms with van der Waals surface area (Å²) in [7, 11) is 0. The summed E-state index contributed by atoms with van der Waals surface area (Å²) in [6.07, 6.45) is 0. The van der Waals surface area contributed by atoms with Crippen molar-refractivity contribution in [3.8, 4) is 0 Å². The molecule has 0 atom stereocenters. The Labute approximate surface area is 247 Å². The zero-order valence-electron chi connectivity index (χ0n) is 24.0. The van der Waals surface area contributed by atoms with Crippen molar-refractivity contribution in [2.24, 2.45) is 10.1 Å². The third kappa shape index (κ3) is 5.16. The molecule has 2 aliphatic heterocycles. The number of nitrogens with zero attached hydrogens (tertiary/aromatic N) is 5. The van der Waals surface area contributed by atoms with Crippen LogP contribution in [0, 0.1) is 6.92 Å². The van der Waals surface area contributed by atoms with E-state index in [2.05, 4.69) is 23.8 Å². The fraction of sp³-hybridized carbons (Fsp3) is 0.188. The first-order chi connectivity index (χ1) is 20.5. The van der Waals surface area contributed by atoms with Gasteiger partial charge in [-0.3, -0.25) is 14.5 Å². The number of aliphatic imine (C=N–C) groups is 1. The molecule has 5 rings (SSSR count). The molecule has 3 aromatic rings. The van der Waals surface area contributed by atoms with E-state index in [1.165, 1.54) is 53.4 Å². The molecule has 0 radical (unpaired) electrons. The van der Waals surface area contributed by atoms with Gasteiger partial charge in [0.1, 0.15) is 5.71 Å². The molecular formula is C32H29N5O6. The standard InChI is InChI=1S/C32H29N5O6/c1-5-35(6-2)24-15-16-25(18(3)17-24)33-27-19(4)26-28(36(30(27)39)22-11-7-20(8-12-22)31(40)41)34-37(29(26)38)23-13-9-21(10-14-23)32(42)43/h7-17H,5-6H2,1-4H3,(H,40,41)(H,42,43). The molecule has 0 aliphatic carbocycles. The van der Waals surface area contributed by atoms with Gasteiger partial charge in [-0.25, -0.2) is 14.6 Å². The van der Waals surface area contributed by atoms with Crippen LogP contribution in [0.25, 0.3) is 0 Å². The summed E-state index contributed by atoms with van der Waals surface area (Å²) in [6, 6.07) is 17.1. The van der Waals surface area contributed by atoms with Crippen LogP contribution < -0.4 is 14.8 Å². The smallest absolute Gasteiger partial charge is 0.335 e. The topological polar surface area (TPSA) is 143 Å². The lowest BCUT2D eigenvalue weighted by atomic mass is 9.96. The molecule has 0 unspecified atom stereocenters. The molecule has 2 amide bonds. The highest BCUT2D eigenvalue weighted by Crippen LogP contribution is 2.35. The molecule has 0 fully saturated rings. The van der Waals surface area contributed by atoms with Crippen molar-refractivity contribution in [3.05, 3.63) is 94.6 Å². The van der Waals surface area contributed by atoms with Crippen LogP contribution in [0.1, 0.15) is 47.1 Å². The fourth-order valence-corrected chi connectivity index (χ4v) is 5.07. The van der Waals surface area contributed by atoms with Crippen LogP contribution in [-0.4, -0.2) is 58.6 Å². The van der Waals surface area contributed by atoms with Crippen LogP contribution in [0.5, 0.6) is 0 Å². The van der Waals surface area contributed by atoms with E-state index >= 15 is 0 Å². The van der Waals surface area contributed by atoms with E-state index in [0.717, 1.165) is 29.3 Å². The highest BCUT2D eigenvalue weighted by molar-refractivity contribution is 6.61. The van der Waals surface area contributed by atoms with Crippen molar-refractivity contribution in [1.29, 1.82) is 0 Å². The molecule has 0 bridgehead atoms. The van der Waals surface area contributed by atoms with Crippen molar-refractivity contribution in [2.75, 3.05) is 27.9 Å². The Balaban J connectivity index is 1.65. The number of amides is 2. The number of carboxylic acids is 2. The summed E-state index contributed by atoms with van der Waals surface area (Å²) in [5.74, 6) is -3.22. The number of carbonyl (C=O) groups is 4. The second-order valence-corrected chi connectivity index (χ2v) is 9.99. The largest absolute Gasteiger partial charge is 0.478 e. The Morgan fingerprint density at radius 2 is 1.37 bits per heavy atom. The number of benzene rings is 3. The van der Waals surface area contributed by atoms with Gasteiger partial charge in [-0.15, -0.1) is 5.10 Å². The van der Waals surface area contributed by atoms with Gasteiger partial charge in [-0.2, -0.15) is 5.01 Å². The molecule has 3 aromatic carbocycles. The molecule has 0 saturated heterocycles. The van der Waals surface area contributed by atoms with Crippen LogP contribution in [-0.2, 0) is 9.59 Å². The SMILES string of the molecule is CCN(CC)c1ccc(N=C2C(=O)N(c3ccc(C(=O)O)cc3)C3=NN(c4ccc(C(=O)O)cc4)C(=O)C3=C2C)c(C)c1. The lowest BCUT2D eigenvalue weighted by Gasteiger charge is -2.28. The molecule has 11 heteroatoms. The zero-order valence-corrected chi connectivity index (χ0v) is 24.0. The number of carboxylic acid groups (broad SMARTS) is 2. The van der Waals surface area contributed by atoms with E-state index in [1.807, 2.05) is 25.1 Å². The predicted molar refractivity (Wildman–Crippen MR) is 164 cm³/mol. The van der Waals surface area contributed by atoms with Crippen LogP contribution in [0.3, 0.4) is 0 Å². The van der Waals surface area contributed by atoms with E-state index in [9.17, 15) is 29.4 Å². The monoisotopic (exact) mass is 579 g/mol. The van der Waals surface area contributed by atoms with E-state index in [-0.39, 0.29) is 28.2 Å². The van der Waals surface area contributed by atoms with Gasteiger partial charge in [-0.1, -0.05) is 0 Å². The Morgan fingerprint density at radius 1 is 0.814 bits per heavy atom. The van der Waals surface area contributed by atoms with Crippen LogP contribution in [0.4, 0.5) is 22.7 Å². The minimum atomic E-state index is -1.12. The number of hydrazone groups is 1. The minimum Gasteiger partial charge on any atom is -0.478 e. The minimum absolute atomic E-state index is 0.0301. The number of amidine groups is 1. The molecule has 0 aromatic heterocycles. The Kier molecular flexibility index (Phi) is 7.64. The summed E-state index contributed by atoms with van der Waals surface area (Å²) in [6.45, 7) is 9.36. The summed E-state index contributed by atoms with van der Waals surface area (Å²) < 4.78 is 0. The average molecular weight is 580 g/mol. The van der Waals surface area contributed by atoms with Gasteiger partial charge >= 0.3 is 11.9 Å². The summed E-state index contributed by atoms with van der Waals surface area (Å²) in [5.41, 5.74) is 3.66. The van der Waals surface area contributed by atoms with Crippen molar-refractivity contribution in [2.45, 2.75) is 27.7 Å². The van der Waals surface area contributed by atoms with Crippen molar-refractivity contribution < 1.29 is 29.4 Å². The van der Waals surface area contributed by atoms with Gasteiger partial charge < -0.3 is 15.1 Å². The Bertz CT molecular complexity index is 1750. The summed E-state index contributed by atoms with van der Waals surface area (Å²) in [4.78, 5) is 58.9. The van der Waals surface area contributed by atoms with E-state index in [1.54, 1.807) is 6.92 Å². The van der Waals surface area contributed by atoms with Crippen molar-refractivity contribution >= 4 is 58.0 Å². The van der Waals surface area contributed by atoms with E-state index in [4.69, 9.17) is 4.99 Å². The first-order valence-corrected chi connectivity index (χ1v) is 13.7. The van der Waals surface area contributed by atoms with Crippen molar-refractivity contribution in [1.82, 2.24) is 0 Å². The maximum Gasteiger partial charge on any atom is 0.335 e. The third-order valence-corrected chi connectivity index (χ3v) is 7.44. The highest BCUT2D eigenvalue weighted by atomic mass is 16.4. The molecule has 11 nitrogen and oxygen atoms in total. The van der Waals surface area contributed by atoms with Gasteiger partial charge in [0.2, 0.25) is 0 Å². The van der Waals surface area contributed by atoms with Crippen LogP contribution >= 0.6 is 0 Å². The van der Waals surface area contributed by atoms with Crippen LogP contribution in [0.15, 0.2) is 88.0 Å². The molecular weight excluding hydrogens is 550 g/mol.